The molecule has 0 aliphatic heterocycles. The highest BCUT2D eigenvalue weighted by molar-refractivity contribution is 9.10. The molecule has 2 atom stereocenters. The van der Waals surface area contributed by atoms with Gasteiger partial charge in [-0.25, -0.2) is 0 Å². The summed E-state index contributed by atoms with van der Waals surface area (Å²) >= 11 is 3.69. The van der Waals surface area contributed by atoms with Crippen LogP contribution in [-0.4, -0.2) is 16.3 Å². The fraction of sp³-hybridized carbons (Fsp3) is 0.800. The van der Waals surface area contributed by atoms with Gasteiger partial charge in [0, 0.05) is 7.05 Å². The minimum absolute atomic E-state index is 0.279. The van der Waals surface area contributed by atoms with Crippen LogP contribution in [0.2, 0.25) is 0 Å². The van der Waals surface area contributed by atoms with Crippen LogP contribution in [0.4, 0.5) is 0 Å². The van der Waals surface area contributed by atoms with Crippen LogP contribution in [0, 0.1) is 18.3 Å². The number of halogens is 1. The van der Waals surface area contributed by atoms with Crippen molar-refractivity contribution in [1.29, 1.82) is 0 Å². The molecule has 2 rings (SSSR count). The second kappa shape index (κ2) is 5.96. The summed E-state index contributed by atoms with van der Waals surface area (Å²) in [7, 11) is 2.04. The zero-order valence-electron chi connectivity index (χ0n) is 12.4. The lowest BCUT2D eigenvalue weighted by molar-refractivity contribution is 0.139. The summed E-state index contributed by atoms with van der Waals surface area (Å²) in [6.07, 6.45) is 7.58. The Morgan fingerprint density at radius 2 is 2.26 bits per heavy atom. The Morgan fingerprint density at radius 3 is 2.79 bits per heavy atom. The molecule has 0 saturated heterocycles. The molecule has 1 aromatic heterocycles. The molecule has 0 amide bonds. The first-order valence-electron chi connectivity index (χ1n) is 7.39. The van der Waals surface area contributed by atoms with E-state index in [9.17, 15) is 0 Å². The van der Waals surface area contributed by atoms with Crippen molar-refractivity contribution in [3.8, 4) is 0 Å². The Balaban J connectivity index is 2.22. The van der Waals surface area contributed by atoms with E-state index >= 15 is 0 Å². The van der Waals surface area contributed by atoms with E-state index in [2.05, 4.69) is 34.9 Å². The Hall–Kier alpha value is -0.350. The van der Waals surface area contributed by atoms with Crippen LogP contribution < -0.4 is 5.73 Å². The molecule has 4 heteroatoms. The molecular formula is C15H26BrN3. The predicted octanol–water partition coefficient (Wildman–Crippen LogP) is 3.58. The highest BCUT2D eigenvalue weighted by Crippen LogP contribution is 2.43. The number of hydrogen-bond acceptors (Lipinski definition) is 2. The Bertz CT molecular complexity index is 441. The predicted molar refractivity (Wildman–Crippen MR) is 83.1 cm³/mol. The topological polar surface area (TPSA) is 43.8 Å². The van der Waals surface area contributed by atoms with Gasteiger partial charge in [0.25, 0.3) is 0 Å². The van der Waals surface area contributed by atoms with Gasteiger partial charge in [-0.1, -0.05) is 26.2 Å². The minimum Gasteiger partial charge on any atom is -0.330 e. The third kappa shape index (κ3) is 3.05. The smallest absolute Gasteiger partial charge is 0.0738 e. The molecule has 0 spiro atoms. The van der Waals surface area contributed by atoms with Crippen LogP contribution >= 0.6 is 15.9 Å². The summed E-state index contributed by atoms with van der Waals surface area (Å²) in [5, 5.41) is 4.51. The van der Waals surface area contributed by atoms with Crippen molar-refractivity contribution in [2.75, 3.05) is 6.54 Å². The molecular weight excluding hydrogens is 302 g/mol. The lowest BCUT2D eigenvalue weighted by Gasteiger charge is -2.40. The summed E-state index contributed by atoms with van der Waals surface area (Å²) in [6, 6.07) is 0. The third-order valence-electron chi connectivity index (χ3n) is 4.86. The molecule has 2 unspecified atom stereocenters. The Kier molecular flexibility index (Phi) is 4.72. The van der Waals surface area contributed by atoms with E-state index in [4.69, 9.17) is 5.73 Å². The summed E-state index contributed by atoms with van der Waals surface area (Å²) in [6.45, 7) is 5.15. The monoisotopic (exact) mass is 327 g/mol. The maximum Gasteiger partial charge on any atom is 0.0738 e. The van der Waals surface area contributed by atoms with E-state index in [-0.39, 0.29) is 5.41 Å². The zero-order chi connectivity index (χ0) is 14.0. The van der Waals surface area contributed by atoms with Gasteiger partial charge in [0.15, 0.2) is 0 Å². The molecule has 2 N–H and O–H groups in total. The summed E-state index contributed by atoms with van der Waals surface area (Å²) < 4.78 is 3.19. The van der Waals surface area contributed by atoms with Crippen molar-refractivity contribution in [3.05, 3.63) is 15.9 Å². The largest absolute Gasteiger partial charge is 0.330 e. The fourth-order valence-corrected chi connectivity index (χ4v) is 4.05. The lowest BCUT2D eigenvalue weighted by atomic mass is 9.66. The van der Waals surface area contributed by atoms with Gasteiger partial charge in [-0.05, 0) is 60.0 Å². The van der Waals surface area contributed by atoms with Crippen LogP contribution in [0.1, 0.15) is 50.4 Å². The molecule has 108 valence electrons. The van der Waals surface area contributed by atoms with E-state index in [0.717, 1.165) is 24.6 Å². The molecule has 1 aliphatic carbocycles. The van der Waals surface area contributed by atoms with Gasteiger partial charge in [-0.15, -0.1) is 0 Å². The molecule has 1 aromatic rings. The van der Waals surface area contributed by atoms with Crippen molar-refractivity contribution in [3.63, 3.8) is 0 Å². The molecule has 0 aromatic carbocycles. The van der Waals surface area contributed by atoms with E-state index in [0.29, 0.717) is 0 Å². The fourth-order valence-electron chi connectivity index (χ4n) is 3.58. The van der Waals surface area contributed by atoms with Crippen molar-refractivity contribution < 1.29 is 0 Å². The van der Waals surface area contributed by atoms with E-state index in [1.165, 1.54) is 42.3 Å². The van der Waals surface area contributed by atoms with Crippen molar-refractivity contribution >= 4 is 15.9 Å². The SMILES string of the molecule is CCC1CCCC(CN)(Cc2c(Br)c(C)nn2C)C1. The van der Waals surface area contributed by atoms with E-state index < -0.39 is 0 Å². The van der Waals surface area contributed by atoms with Crippen LogP contribution in [0.15, 0.2) is 4.47 Å². The van der Waals surface area contributed by atoms with Crippen LogP contribution in [0.5, 0.6) is 0 Å². The normalized spacial score (nSPS) is 27.7. The Morgan fingerprint density at radius 1 is 1.53 bits per heavy atom. The number of aromatic nitrogens is 2. The highest BCUT2D eigenvalue weighted by Gasteiger charge is 2.36. The second-order valence-corrected chi connectivity index (χ2v) is 7.01. The van der Waals surface area contributed by atoms with Crippen LogP contribution in [-0.2, 0) is 13.5 Å². The highest BCUT2D eigenvalue weighted by atomic mass is 79.9. The van der Waals surface area contributed by atoms with Gasteiger partial charge in [-0.2, -0.15) is 5.10 Å². The molecule has 1 saturated carbocycles. The van der Waals surface area contributed by atoms with Crippen molar-refractivity contribution in [2.24, 2.45) is 24.1 Å². The molecule has 1 heterocycles. The number of nitrogens with two attached hydrogens (primary N) is 1. The van der Waals surface area contributed by atoms with E-state index in [1.54, 1.807) is 0 Å². The summed E-state index contributed by atoms with van der Waals surface area (Å²) in [5.74, 6) is 0.852. The van der Waals surface area contributed by atoms with Gasteiger partial charge in [0.1, 0.15) is 0 Å². The average molecular weight is 328 g/mol. The van der Waals surface area contributed by atoms with Gasteiger partial charge < -0.3 is 5.73 Å². The molecule has 19 heavy (non-hydrogen) atoms. The van der Waals surface area contributed by atoms with Crippen LogP contribution in [0.25, 0.3) is 0 Å². The van der Waals surface area contributed by atoms with Gasteiger partial charge >= 0.3 is 0 Å². The van der Waals surface area contributed by atoms with Gasteiger partial charge in [-0.3, -0.25) is 4.68 Å². The number of hydrogen-bond donors (Lipinski definition) is 1. The zero-order valence-corrected chi connectivity index (χ0v) is 14.0. The lowest BCUT2D eigenvalue weighted by Crippen LogP contribution is -2.38. The first-order valence-corrected chi connectivity index (χ1v) is 8.18. The maximum absolute atomic E-state index is 6.16. The summed E-state index contributed by atoms with van der Waals surface area (Å²) in [4.78, 5) is 0. The molecule has 0 radical (unpaired) electrons. The summed E-state index contributed by atoms with van der Waals surface area (Å²) in [5.41, 5.74) is 8.83. The molecule has 3 nitrogen and oxygen atoms in total. The molecule has 0 bridgehead atoms. The molecule has 1 fully saturated rings. The Labute approximate surface area is 125 Å². The van der Waals surface area contributed by atoms with Crippen molar-refractivity contribution in [1.82, 2.24) is 9.78 Å². The second-order valence-electron chi connectivity index (χ2n) is 6.22. The molecule has 1 aliphatic rings. The first-order chi connectivity index (χ1) is 9.01. The van der Waals surface area contributed by atoms with Crippen molar-refractivity contribution in [2.45, 2.75) is 52.4 Å². The number of rotatable bonds is 4. The third-order valence-corrected chi connectivity index (χ3v) is 5.89. The minimum atomic E-state index is 0.279. The van der Waals surface area contributed by atoms with E-state index in [1.807, 2.05) is 11.7 Å². The quantitative estimate of drug-likeness (QED) is 0.918. The first kappa shape index (κ1) is 15.0. The number of nitrogens with zero attached hydrogens (tertiary/aromatic N) is 2. The van der Waals surface area contributed by atoms with Gasteiger partial charge in [0.2, 0.25) is 0 Å². The standard InChI is InChI=1S/C15H26BrN3/c1-4-12-6-5-7-15(8-12,10-17)9-13-14(16)11(2)18-19(13)3/h12H,4-10,17H2,1-3H3. The number of aryl methyl sites for hydroxylation is 2. The average Bonchev–Trinajstić information content (AvgIpc) is 2.65. The van der Waals surface area contributed by atoms with Gasteiger partial charge in [0.05, 0.1) is 15.9 Å². The maximum atomic E-state index is 6.16. The van der Waals surface area contributed by atoms with Crippen LogP contribution in [0.3, 0.4) is 0 Å².